The number of amides is 1. The number of anilines is 2. The Balaban J connectivity index is 1.44. The number of carbonyl (C=O) groups excluding carboxylic acids is 1. The highest BCUT2D eigenvalue weighted by atomic mass is 35.5. The standard InChI is InChI=1S/C24H23ClN4O4/c25-21-7-2-1-4-18(21)16-26-22-9-8-17(14-23(22)29(32)33)24(31)28-12-10-27(11-13-28)19-5-3-6-20(30)15-19/h1-9,14-15,26,30H,10-13,16H2. The van der Waals surface area contributed by atoms with Crippen LogP contribution in [0.1, 0.15) is 15.9 Å². The summed E-state index contributed by atoms with van der Waals surface area (Å²) in [5, 5.41) is 25.0. The van der Waals surface area contributed by atoms with Gasteiger partial charge in [0.25, 0.3) is 11.6 Å². The molecule has 8 nitrogen and oxygen atoms in total. The Morgan fingerprint density at radius 3 is 2.48 bits per heavy atom. The second kappa shape index (κ2) is 9.79. The number of hydrogen-bond acceptors (Lipinski definition) is 6. The molecule has 0 spiro atoms. The number of nitrogens with zero attached hydrogens (tertiary/aromatic N) is 3. The Bertz CT molecular complexity index is 1180. The van der Waals surface area contributed by atoms with Crippen LogP contribution in [0, 0.1) is 10.1 Å². The largest absolute Gasteiger partial charge is 0.508 e. The number of phenols is 1. The number of aromatic hydroxyl groups is 1. The zero-order valence-corrected chi connectivity index (χ0v) is 18.5. The first-order valence-corrected chi connectivity index (χ1v) is 10.9. The lowest BCUT2D eigenvalue weighted by atomic mass is 10.1. The molecule has 3 aromatic rings. The van der Waals surface area contributed by atoms with Crippen molar-refractivity contribution in [2.24, 2.45) is 0 Å². The van der Waals surface area contributed by atoms with E-state index in [0.29, 0.717) is 43.4 Å². The summed E-state index contributed by atoms with van der Waals surface area (Å²) in [5.41, 5.74) is 2.15. The van der Waals surface area contributed by atoms with Crippen molar-refractivity contribution in [1.29, 1.82) is 0 Å². The van der Waals surface area contributed by atoms with E-state index in [2.05, 4.69) is 10.2 Å². The summed E-state index contributed by atoms with van der Waals surface area (Å²) in [7, 11) is 0. The lowest BCUT2D eigenvalue weighted by molar-refractivity contribution is -0.384. The molecule has 3 aromatic carbocycles. The van der Waals surface area contributed by atoms with Crippen molar-refractivity contribution in [2.45, 2.75) is 6.54 Å². The third kappa shape index (κ3) is 5.18. The number of piperazine rings is 1. The van der Waals surface area contributed by atoms with Crippen LogP contribution in [-0.2, 0) is 6.54 Å². The fraction of sp³-hybridized carbons (Fsp3) is 0.208. The SMILES string of the molecule is O=C(c1ccc(NCc2ccccc2Cl)c([N+](=O)[O-])c1)N1CCN(c2cccc(O)c2)CC1. The van der Waals surface area contributed by atoms with Crippen LogP contribution in [0.25, 0.3) is 0 Å². The maximum absolute atomic E-state index is 13.0. The number of rotatable bonds is 6. The predicted molar refractivity (Wildman–Crippen MR) is 128 cm³/mol. The zero-order chi connectivity index (χ0) is 23.4. The minimum absolute atomic E-state index is 0.161. The Hall–Kier alpha value is -3.78. The van der Waals surface area contributed by atoms with Gasteiger partial charge in [-0.25, -0.2) is 0 Å². The molecule has 0 radical (unpaired) electrons. The lowest BCUT2D eigenvalue weighted by Crippen LogP contribution is -2.48. The smallest absolute Gasteiger partial charge is 0.293 e. The van der Waals surface area contributed by atoms with E-state index < -0.39 is 4.92 Å². The molecule has 0 aliphatic carbocycles. The van der Waals surface area contributed by atoms with Crippen molar-refractivity contribution in [3.8, 4) is 5.75 Å². The second-order valence-electron chi connectivity index (χ2n) is 7.73. The van der Waals surface area contributed by atoms with Gasteiger partial charge in [0, 0.05) is 61.1 Å². The number of nitro benzene ring substituents is 1. The molecule has 9 heteroatoms. The number of benzene rings is 3. The molecule has 0 aromatic heterocycles. The first kappa shape index (κ1) is 22.4. The molecule has 0 atom stereocenters. The Morgan fingerprint density at radius 1 is 1.03 bits per heavy atom. The monoisotopic (exact) mass is 466 g/mol. The Kier molecular flexibility index (Phi) is 6.65. The van der Waals surface area contributed by atoms with E-state index >= 15 is 0 Å². The highest BCUT2D eigenvalue weighted by molar-refractivity contribution is 6.31. The number of nitro groups is 1. The molecule has 1 aliphatic rings. The summed E-state index contributed by atoms with van der Waals surface area (Å²) in [6.07, 6.45) is 0. The van der Waals surface area contributed by atoms with E-state index in [4.69, 9.17) is 11.6 Å². The summed E-state index contributed by atoms with van der Waals surface area (Å²) in [6.45, 7) is 2.50. The molecule has 1 fully saturated rings. The highest BCUT2D eigenvalue weighted by Crippen LogP contribution is 2.28. The number of phenolic OH excluding ortho intramolecular Hbond substituents is 1. The van der Waals surface area contributed by atoms with Crippen molar-refractivity contribution in [1.82, 2.24) is 4.90 Å². The summed E-state index contributed by atoms with van der Waals surface area (Å²) in [4.78, 5) is 28.0. The van der Waals surface area contributed by atoms with Gasteiger partial charge in [-0.3, -0.25) is 14.9 Å². The molecule has 1 saturated heterocycles. The van der Waals surface area contributed by atoms with Crippen LogP contribution in [-0.4, -0.2) is 47.0 Å². The van der Waals surface area contributed by atoms with Gasteiger partial charge in [-0.2, -0.15) is 0 Å². The first-order valence-electron chi connectivity index (χ1n) is 10.5. The molecule has 0 saturated carbocycles. The van der Waals surface area contributed by atoms with E-state index in [9.17, 15) is 20.0 Å². The van der Waals surface area contributed by atoms with E-state index in [1.54, 1.807) is 41.3 Å². The van der Waals surface area contributed by atoms with Gasteiger partial charge in [-0.1, -0.05) is 35.9 Å². The second-order valence-corrected chi connectivity index (χ2v) is 8.14. The van der Waals surface area contributed by atoms with Gasteiger partial charge < -0.3 is 20.2 Å². The number of hydrogen-bond donors (Lipinski definition) is 2. The Labute approximate surface area is 196 Å². The molecule has 4 rings (SSSR count). The maximum Gasteiger partial charge on any atom is 0.293 e. The topological polar surface area (TPSA) is 98.9 Å². The Morgan fingerprint density at radius 2 is 1.79 bits per heavy atom. The van der Waals surface area contributed by atoms with E-state index in [1.807, 2.05) is 24.3 Å². The van der Waals surface area contributed by atoms with Crippen LogP contribution < -0.4 is 10.2 Å². The zero-order valence-electron chi connectivity index (χ0n) is 17.8. The minimum atomic E-state index is -0.495. The third-order valence-electron chi connectivity index (χ3n) is 5.63. The van der Waals surface area contributed by atoms with Crippen molar-refractivity contribution in [2.75, 3.05) is 36.4 Å². The van der Waals surface area contributed by atoms with Gasteiger partial charge in [0.2, 0.25) is 0 Å². The molecule has 33 heavy (non-hydrogen) atoms. The van der Waals surface area contributed by atoms with E-state index in [0.717, 1.165) is 11.3 Å². The number of halogens is 1. The molecule has 1 heterocycles. The summed E-state index contributed by atoms with van der Waals surface area (Å²) in [6, 6.07) is 18.7. The van der Waals surface area contributed by atoms with Gasteiger partial charge in [0.1, 0.15) is 11.4 Å². The van der Waals surface area contributed by atoms with Crippen LogP contribution >= 0.6 is 11.6 Å². The summed E-state index contributed by atoms with van der Waals surface area (Å²) < 4.78 is 0. The van der Waals surface area contributed by atoms with Gasteiger partial charge in [0.15, 0.2) is 0 Å². The molecule has 1 aliphatic heterocycles. The van der Waals surface area contributed by atoms with Crippen LogP contribution in [0.15, 0.2) is 66.7 Å². The third-order valence-corrected chi connectivity index (χ3v) is 6.00. The van der Waals surface area contributed by atoms with Crippen LogP contribution in [0.2, 0.25) is 5.02 Å². The summed E-state index contributed by atoms with van der Waals surface area (Å²) >= 11 is 6.16. The van der Waals surface area contributed by atoms with Crippen molar-refractivity contribution >= 4 is 34.6 Å². The average Bonchev–Trinajstić information content (AvgIpc) is 2.83. The fourth-order valence-corrected chi connectivity index (χ4v) is 4.04. The summed E-state index contributed by atoms with van der Waals surface area (Å²) in [5.74, 6) is -0.0483. The average molecular weight is 467 g/mol. The fourth-order valence-electron chi connectivity index (χ4n) is 3.84. The van der Waals surface area contributed by atoms with E-state index in [1.165, 1.54) is 6.07 Å². The normalized spacial score (nSPS) is 13.6. The number of nitrogens with one attached hydrogen (secondary N) is 1. The van der Waals surface area contributed by atoms with Crippen molar-refractivity contribution in [3.63, 3.8) is 0 Å². The van der Waals surface area contributed by atoms with Gasteiger partial charge in [-0.15, -0.1) is 0 Å². The van der Waals surface area contributed by atoms with Gasteiger partial charge in [0.05, 0.1) is 4.92 Å². The molecule has 170 valence electrons. The molecule has 0 bridgehead atoms. The number of carbonyl (C=O) groups is 1. The quantitative estimate of drug-likeness (QED) is 0.409. The highest BCUT2D eigenvalue weighted by Gasteiger charge is 2.25. The molecule has 2 N–H and O–H groups in total. The molecule has 1 amide bonds. The van der Waals surface area contributed by atoms with Crippen molar-refractivity contribution < 1.29 is 14.8 Å². The molecular formula is C24H23ClN4O4. The predicted octanol–water partition coefficient (Wildman–Crippen LogP) is 4.53. The maximum atomic E-state index is 13.0. The first-order chi connectivity index (χ1) is 15.9. The van der Waals surface area contributed by atoms with Gasteiger partial charge in [-0.05, 0) is 35.9 Å². The van der Waals surface area contributed by atoms with Gasteiger partial charge >= 0.3 is 0 Å². The van der Waals surface area contributed by atoms with Crippen molar-refractivity contribution in [3.05, 3.63) is 93.0 Å². The molecule has 0 unspecified atom stereocenters. The van der Waals surface area contributed by atoms with Crippen LogP contribution in [0.4, 0.5) is 17.1 Å². The van der Waals surface area contributed by atoms with Crippen LogP contribution in [0.5, 0.6) is 5.75 Å². The molecular weight excluding hydrogens is 444 g/mol. The lowest BCUT2D eigenvalue weighted by Gasteiger charge is -2.36. The van der Waals surface area contributed by atoms with Crippen LogP contribution in [0.3, 0.4) is 0 Å². The minimum Gasteiger partial charge on any atom is -0.508 e. The van der Waals surface area contributed by atoms with E-state index in [-0.39, 0.29) is 22.9 Å².